The molecule has 0 aromatic carbocycles. The molecule has 100 valence electrons. The molecule has 6 nitrogen and oxygen atoms in total. The highest BCUT2D eigenvalue weighted by Gasteiger charge is 2.19. The zero-order valence-corrected chi connectivity index (χ0v) is 10.9. The molecule has 2 heterocycles. The molecule has 3 N–H and O–H groups in total. The molecule has 2 atom stereocenters. The minimum absolute atomic E-state index is 0.184. The van der Waals surface area contributed by atoms with Crippen LogP contribution in [0.1, 0.15) is 30.3 Å². The van der Waals surface area contributed by atoms with Crippen LogP contribution >= 0.6 is 0 Å². The highest BCUT2D eigenvalue weighted by molar-refractivity contribution is 5.83. The maximum absolute atomic E-state index is 12.0. The van der Waals surface area contributed by atoms with Gasteiger partial charge in [0, 0.05) is 25.0 Å². The summed E-state index contributed by atoms with van der Waals surface area (Å²) in [4.78, 5) is 16.2. The van der Waals surface area contributed by atoms with E-state index in [9.17, 15) is 4.79 Å². The average molecular weight is 259 g/mol. The van der Waals surface area contributed by atoms with Crippen molar-refractivity contribution in [1.29, 1.82) is 0 Å². The smallest absolute Gasteiger partial charge is 0.242 e. The van der Waals surface area contributed by atoms with Crippen LogP contribution < -0.4 is 11.1 Å². The van der Waals surface area contributed by atoms with Crippen LogP contribution in [0.5, 0.6) is 0 Å². The largest absolute Gasteiger partial charge is 0.346 e. The maximum Gasteiger partial charge on any atom is 0.242 e. The van der Waals surface area contributed by atoms with E-state index in [1.165, 1.54) is 0 Å². The van der Waals surface area contributed by atoms with Gasteiger partial charge < -0.3 is 11.1 Å². The van der Waals surface area contributed by atoms with Gasteiger partial charge in [0.15, 0.2) is 0 Å². The minimum Gasteiger partial charge on any atom is -0.346 e. The van der Waals surface area contributed by atoms with Gasteiger partial charge in [0.2, 0.25) is 5.91 Å². The number of rotatable bonds is 4. The Bertz CT molecular complexity index is 551. The zero-order chi connectivity index (χ0) is 13.8. The lowest BCUT2D eigenvalue weighted by Crippen LogP contribution is -2.35. The molecule has 0 saturated heterocycles. The molecular formula is C13H17N5O. The molecule has 0 radical (unpaired) electrons. The molecular weight excluding hydrogens is 242 g/mol. The summed E-state index contributed by atoms with van der Waals surface area (Å²) in [7, 11) is 1.78. The molecule has 0 bridgehead atoms. The Labute approximate surface area is 111 Å². The first-order valence-corrected chi connectivity index (χ1v) is 6.03. The molecule has 0 aliphatic rings. The van der Waals surface area contributed by atoms with Gasteiger partial charge in [-0.2, -0.15) is 5.10 Å². The van der Waals surface area contributed by atoms with Crippen molar-refractivity contribution >= 4 is 5.91 Å². The van der Waals surface area contributed by atoms with Crippen molar-refractivity contribution in [3.05, 3.63) is 48.0 Å². The van der Waals surface area contributed by atoms with Crippen LogP contribution in [0.25, 0.3) is 0 Å². The van der Waals surface area contributed by atoms with Gasteiger partial charge in [0.25, 0.3) is 0 Å². The molecule has 0 fully saturated rings. The lowest BCUT2D eigenvalue weighted by atomic mass is 10.1. The fourth-order valence-electron chi connectivity index (χ4n) is 1.76. The number of nitrogens with two attached hydrogens (primary N) is 1. The lowest BCUT2D eigenvalue weighted by molar-refractivity contribution is -0.123. The fraction of sp³-hybridized carbons (Fsp3) is 0.308. The fourth-order valence-corrected chi connectivity index (χ4v) is 1.76. The number of aryl methyl sites for hydroxylation is 1. The number of pyridine rings is 1. The van der Waals surface area contributed by atoms with Crippen LogP contribution in [0.15, 0.2) is 36.8 Å². The summed E-state index contributed by atoms with van der Waals surface area (Å²) in [6, 6.07) is 4.67. The molecule has 1 unspecified atom stereocenters. The van der Waals surface area contributed by atoms with E-state index in [0.29, 0.717) is 5.56 Å². The van der Waals surface area contributed by atoms with Crippen LogP contribution in [0.2, 0.25) is 0 Å². The molecule has 2 aromatic rings. The normalized spacial score (nSPS) is 13.8. The topological polar surface area (TPSA) is 85.8 Å². The highest BCUT2D eigenvalue weighted by atomic mass is 16.2. The van der Waals surface area contributed by atoms with Gasteiger partial charge in [-0.25, -0.2) is 0 Å². The van der Waals surface area contributed by atoms with E-state index in [1.807, 2.05) is 25.1 Å². The second-order valence-corrected chi connectivity index (χ2v) is 4.41. The zero-order valence-electron chi connectivity index (χ0n) is 10.9. The number of nitrogens with zero attached hydrogens (tertiary/aromatic N) is 3. The standard InChI is InChI=1S/C13H17N5O/c1-9(11-5-3-4-6-15-11)17-13(19)12(14)10-7-16-18(2)8-10/h3-9,12H,14H2,1-2H3,(H,17,19)/t9-,12?/m0/s1. The van der Waals surface area contributed by atoms with Gasteiger partial charge in [-0.15, -0.1) is 0 Å². The monoisotopic (exact) mass is 259 g/mol. The summed E-state index contributed by atoms with van der Waals surface area (Å²) >= 11 is 0. The van der Waals surface area contributed by atoms with Crippen molar-refractivity contribution < 1.29 is 4.79 Å². The van der Waals surface area contributed by atoms with Crippen LogP contribution in [0, 0.1) is 0 Å². The molecule has 19 heavy (non-hydrogen) atoms. The first-order valence-electron chi connectivity index (χ1n) is 6.03. The summed E-state index contributed by atoms with van der Waals surface area (Å²) in [6.07, 6.45) is 5.02. The van der Waals surface area contributed by atoms with Crippen LogP contribution in [-0.2, 0) is 11.8 Å². The predicted octanol–water partition coefficient (Wildman–Crippen LogP) is 0.692. The molecule has 0 aliphatic carbocycles. The summed E-state index contributed by atoms with van der Waals surface area (Å²) in [6.45, 7) is 1.87. The number of amides is 1. The molecule has 0 saturated carbocycles. The molecule has 0 aliphatic heterocycles. The summed E-state index contributed by atoms with van der Waals surface area (Å²) < 4.78 is 1.62. The Hall–Kier alpha value is -2.21. The van der Waals surface area contributed by atoms with Crippen molar-refractivity contribution in [2.45, 2.75) is 19.0 Å². The van der Waals surface area contributed by atoms with Crippen molar-refractivity contribution in [2.75, 3.05) is 0 Å². The van der Waals surface area contributed by atoms with Crippen LogP contribution in [0.4, 0.5) is 0 Å². The van der Waals surface area contributed by atoms with Crippen molar-refractivity contribution in [3.8, 4) is 0 Å². The number of carbonyl (C=O) groups is 1. The Kier molecular flexibility index (Phi) is 3.91. The van der Waals surface area contributed by atoms with Gasteiger partial charge in [-0.05, 0) is 19.1 Å². The molecule has 0 spiro atoms. The van der Waals surface area contributed by atoms with E-state index < -0.39 is 6.04 Å². The van der Waals surface area contributed by atoms with Crippen molar-refractivity contribution in [3.63, 3.8) is 0 Å². The Balaban J connectivity index is 2.01. The second kappa shape index (κ2) is 5.62. The molecule has 1 amide bonds. The van der Waals surface area contributed by atoms with Gasteiger partial charge in [0.05, 0.1) is 17.9 Å². The molecule has 2 aromatic heterocycles. The third kappa shape index (κ3) is 3.17. The average Bonchev–Trinajstić information content (AvgIpc) is 2.85. The van der Waals surface area contributed by atoms with Crippen LogP contribution in [0.3, 0.4) is 0 Å². The summed E-state index contributed by atoms with van der Waals surface area (Å²) in [5.41, 5.74) is 7.38. The number of nitrogens with one attached hydrogen (secondary N) is 1. The number of carbonyl (C=O) groups excluding carboxylic acids is 1. The first-order chi connectivity index (χ1) is 9.08. The first kappa shape index (κ1) is 13.2. The maximum atomic E-state index is 12.0. The van der Waals surface area contributed by atoms with Crippen molar-refractivity contribution in [1.82, 2.24) is 20.1 Å². The third-order valence-electron chi connectivity index (χ3n) is 2.86. The van der Waals surface area contributed by atoms with Crippen LogP contribution in [-0.4, -0.2) is 20.7 Å². The minimum atomic E-state index is -0.722. The van der Waals surface area contributed by atoms with E-state index in [0.717, 1.165) is 5.69 Å². The van der Waals surface area contributed by atoms with E-state index in [-0.39, 0.29) is 11.9 Å². The third-order valence-corrected chi connectivity index (χ3v) is 2.86. The lowest BCUT2D eigenvalue weighted by Gasteiger charge is -2.16. The Morgan fingerprint density at radius 2 is 2.26 bits per heavy atom. The predicted molar refractivity (Wildman–Crippen MR) is 70.9 cm³/mol. The van der Waals surface area contributed by atoms with E-state index in [1.54, 1.807) is 30.3 Å². The van der Waals surface area contributed by atoms with E-state index in [4.69, 9.17) is 5.73 Å². The van der Waals surface area contributed by atoms with E-state index in [2.05, 4.69) is 15.4 Å². The summed E-state index contributed by atoms with van der Waals surface area (Å²) in [5, 5.41) is 6.84. The second-order valence-electron chi connectivity index (χ2n) is 4.41. The van der Waals surface area contributed by atoms with Crippen molar-refractivity contribution in [2.24, 2.45) is 12.8 Å². The SMILES string of the molecule is C[C@H](NC(=O)C(N)c1cnn(C)c1)c1ccccn1. The number of hydrogen-bond acceptors (Lipinski definition) is 4. The highest BCUT2D eigenvalue weighted by Crippen LogP contribution is 2.12. The van der Waals surface area contributed by atoms with Gasteiger partial charge >= 0.3 is 0 Å². The number of aromatic nitrogens is 3. The number of hydrogen-bond donors (Lipinski definition) is 2. The summed E-state index contributed by atoms with van der Waals surface area (Å²) in [5.74, 6) is -0.244. The molecule has 6 heteroatoms. The van der Waals surface area contributed by atoms with Gasteiger partial charge in [-0.1, -0.05) is 6.07 Å². The quantitative estimate of drug-likeness (QED) is 0.846. The van der Waals surface area contributed by atoms with Gasteiger partial charge in [-0.3, -0.25) is 14.5 Å². The van der Waals surface area contributed by atoms with E-state index >= 15 is 0 Å². The Morgan fingerprint density at radius 1 is 1.47 bits per heavy atom. The molecule has 2 rings (SSSR count). The Morgan fingerprint density at radius 3 is 2.84 bits per heavy atom. The van der Waals surface area contributed by atoms with Gasteiger partial charge in [0.1, 0.15) is 6.04 Å².